The molecule has 8 nitrogen and oxygen atoms in total. The molecule has 0 radical (unpaired) electrons. The normalized spacial score (nSPS) is 14.5. The molecule has 2 N–H and O–H groups in total. The summed E-state index contributed by atoms with van der Waals surface area (Å²) in [5, 5.41) is 5.87. The van der Waals surface area contributed by atoms with E-state index in [0.29, 0.717) is 31.9 Å². The molecule has 28 heavy (non-hydrogen) atoms. The highest BCUT2D eigenvalue weighted by atomic mass is 16.6. The van der Waals surface area contributed by atoms with Crippen LogP contribution in [0.1, 0.15) is 33.3 Å². The number of anilines is 2. The first-order chi connectivity index (χ1) is 13.0. The molecule has 0 bridgehead atoms. The summed E-state index contributed by atoms with van der Waals surface area (Å²) in [5.41, 5.74) is 1.93. The maximum atomic E-state index is 12.5. The van der Waals surface area contributed by atoms with E-state index in [0.717, 1.165) is 11.3 Å². The van der Waals surface area contributed by atoms with Gasteiger partial charge in [0.1, 0.15) is 5.60 Å². The summed E-state index contributed by atoms with van der Waals surface area (Å²) in [6, 6.07) is 5.52. The van der Waals surface area contributed by atoms with Crippen molar-refractivity contribution < 1.29 is 19.1 Å². The number of benzene rings is 1. The van der Waals surface area contributed by atoms with Crippen molar-refractivity contribution in [1.29, 1.82) is 0 Å². The number of piperazine rings is 1. The number of hydrogen-bond acceptors (Lipinski definition) is 5. The minimum Gasteiger partial charge on any atom is -0.444 e. The number of nitrogens with one attached hydrogen (secondary N) is 2. The van der Waals surface area contributed by atoms with E-state index in [2.05, 4.69) is 10.6 Å². The van der Waals surface area contributed by atoms with Crippen molar-refractivity contribution >= 4 is 29.3 Å². The van der Waals surface area contributed by atoms with Crippen LogP contribution in [0.15, 0.2) is 18.2 Å². The second kappa shape index (κ2) is 8.95. The number of hydrogen-bond donors (Lipinski definition) is 2. The van der Waals surface area contributed by atoms with Crippen LogP contribution < -0.4 is 10.6 Å². The van der Waals surface area contributed by atoms with Gasteiger partial charge in [-0.3, -0.25) is 9.59 Å². The van der Waals surface area contributed by atoms with Crippen LogP contribution in [-0.4, -0.2) is 66.0 Å². The van der Waals surface area contributed by atoms with E-state index in [1.165, 1.54) is 6.92 Å². The van der Waals surface area contributed by atoms with Crippen molar-refractivity contribution in [2.45, 2.75) is 40.2 Å². The van der Waals surface area contributed by atoms with E-state index in [9.17, 15) is 14.4 Å². The maximum absolute atomic E-state index is 12.5. The molecule has 2 rings (SSSR count). The molecule has 1 aliphatic heterocycles. The monoisotopic (exact) mass is 390 g/mol. The zero-order valence-corrected chi connectivity index (χ0v) is 17.3. The van der Waals surface area contributed by atoms with Crippen molar-refractivity contribution in [2.24, 2.45) is 0 Å². The number of rotatable bonds is 4. The van der Waals surface area contributed by atoms with Gasteiger partial charge in [-0.25, -0.2) is 4.79 Å². The van der Waals surface area contributed by atoms with E-state index < -0.39 is 5.60 Å². The van der Waals surface area contributed by atoms with Gasteiger partial charge in [0.25, 0.3) is 0 Å². The summed E-state index contributed by atoms with van der Waals surface area (Å²) in [5.74, 6) is -0.179. The quantitative estimate of drug-likeness (QED) is 0.824. The minimum absolute atomic E-state index is 0.0341. The van der Waals surface area contributed by atoms with Crippen LogP contribution >= 0.6 is 0 Å². The summed E-state index contributed by atoms with van der Waals surface area (Å²) >= 11 is 0. The van der Waals surface area contributed by atoms with E-state index >= 15 is 0 Å². The van der Waals surface area contributed by atoms with Gasteiger partial charge in [0, 0.05) is 44.5 Å². The topological polar surface area (TPSA) is 91.0 Å². The number of carbonyl (C=O) groups is 3. The number of carbonyl (C=O) groups excluding carboxylic acids is 3. The average molecular weight is 390 g/mol. The standard InChI is InChI=1S/C20H30N4O4/c1-14-6-7-16(22-15(2)25)12-17(14)21-13-18(26)23-8-10-24(11-9-23)19(27)28-20(3,4)5/h6-7,12,21H,8-11,13H2,1-5H3,(H,22,25). The van der Waals surface area contributed by atoms with Gasteiger partial charge in [0.15, 0.2) is 0 Å². The van der Waals surface area contributed by atoms with E-state index in [1.807, 2.05) is 45.9 Å². The molecule has 1 aromatic rings. The van der Waals surface area contributed by atoms with Crippen molar-refractivity contribution in [3.8, 4) is 0 Å². The molecule has 1 aromatic carbocycles. The van der Waals surface area contributed by atoms with Gasteiger partial charge in [-0.15, -0.1) is 0 Å². The fourth-order valence-electron chi connectivity index (χ4n) is 2.84. The summed E-state index contributed by atoms with van der Waals surface area (Å²) in [7, 11) is 0. The summed E-state index contributed by atoms with van der Waals surface area (Å²) < 4.78 is 5.37. The molecule has 0 unspecified atom stereocenters. The highest BCUT2D eigenvalue weighted by molar-refractivity contribution is 5.89. The smallest absolute Gasteiger partial charge is 0.410 e. The number of amides is 3. The van der Waals surface area contributed by atoms with E-state index in [4.69, 9.17) is 4.74 Å². The van der Waals surface area contributed by atoms with Crippen LogP contribution in [-0.2, 0) is 14.3 Å². The molecule has 1 heterocycles. The highest BCUT2D eigenvalue weighted by Crippen LogP contribution is 2.20. The predicted molar refractivity (Wildman–Crippen MR) is 108 cm³/mol. The van der Waals surface area contributed by atoms with Crippen molar-refractivity contribution in [3.05, 3.63) is 23.8 Å². The Balaban J connectivity index is 1.85. The highest BCUT2D eigenvalue weighted by Gasteiger charge is 2.27. The predicted octanol–water partition coefficient (Wildman–Crippen LogP) is 2.44. The number of aryl methyl sites for hydroxylation is 1. The van der Waals surface area contributed by atoms with E-state index in [-0.39, 0.29) is 24.5 Å². The van der Waals surface area contributed by atoms with Crippen LogP contribution in [0.3, 0.4) is 0 Å². The largest absolute Gasteiger partial charge is 0.444 e. The Hall–Kier alpha value is -2.77. The van der Waals surface area contributed by atoms with Crippen molar-refractivity contribution in [2.75, 3.05) is 43.4 Å². The number of ether oxygens (including phenoxy) is 1. The number of nitrogens with zero attached hydrogens (tertiary/aromatic N) is 2. The molecule has 1 saturated heterocycles. The molecular weight excluding hydrogens is 360 g/mol. The first-order valence-corrected chi connectivity index (χ1v) is 9.43. The van der Waals surface area contributed by atoms with Crippen LogP contribution in [0, 0.1) is 6.92 Å². The third kappa shape index (κ3) is 6.44. The molecule has 154 valence electrons. The van der Waals surface area contributed by atoms with Gasteiger partial charge in [-0.2, -0.15) is 0 Å². The Kier molecular flexibility index (Phi) is 6.88. The maximum Gasteiger partial charge on any atom is 0.410 e. The third-order valence-electron chi connectivity index (χ3n) is 4.27. The molecule has 0 spiro atoms. The second-order valence-electron chi connectivity index (χ2n) is 7.91. The minimum atomic E-state index is -0.530. The first-order valence-electron chi connectivity index (χ1n) is 9.43. The SMILES string of the molecule is CC(=O)Nc1ccc(C)c(NCC(=O)N2CCN(C(=O)OC(C)(C)C)CC2)c1. The molecule has 3 amide bonds. The second-order valence-corrected chi connectivity index (χ2v) is 7.91. The Bertz CT molecular complexity index is 734. The summed E-state index contributed by atoms with van der Waals surface area (Å²) in [4.78, 5) is 39.2. The van der Waals surface area contributed by atoms with Crippen LogP contribution in [0.25, 0.3) is 0 Å². The Labute approximate surface area is 166 Å². The summed E-state index contributed by atoms with van der Waals surface area (Å²) in [6.07, 6.45) is -0.344. The lowest BCUT2D eigenvalue weighted by Crippen LogP contribution is -2.52. The lowest BCUT2D eigenvalue weighted by Gasteiger charge is -2.35. The van der Waals surface area contributed by atoms with Gasteiger partial charge >= 0.3 is 6.09 Å². The fourth-order valence-corrected chi connectivity index (χ4v) is 2.84. The van der Waals surface area contributed by atoms with Gasteiger partial charge in [-0.1, -0.05) is 6.07 Å². The molecule has 1 fully saturated rings. The molecule has 8 heteroatoms. The zero-order chi connectivity index (χ0) is 20.9. The molecule has 0 saturated carbocycles. The molecule has 0 aliphatic carbocycles. The van der Waals surface area contributed by atoms with Crippen molar-refractivity contribution in [1.82, 2.24) is 9.80 Å². The van der Waals surface area contributed by atoms with Gasteiger partial charge in [-0.05, 0) is 45.4 Å². The molecule has 0 aromatic heterocycles. The van der Waals surface area contributed by atoms with Gasteiger partial charge in [0.05, 0.1) is 6.54 Å². The molecule has 0 atom stereocenters. The van der Waals surface area contributed by atoms with E-state index in [1.54, 1.807) is 9.80 Å². The lowest BCUT2D eigenvalue weighted by molar-refractivity contribution is -0.131. The van der Waals surface area contributed by atoms with Crippen LogP contribution in [0.2, 0.25) is 0 Å². The van der Waals surface area contributed by atoms with Gasteiger partial charge in [0.2, 0.25) is 11.8 Å². The lowest BCUT2D eigenvalue weighted by atomic mass is 10.1. The summed E-state index contributed by atoms with van der Waals surface area (Å²) in [6.45, 7) is 10.9. The Morgan fingerprint density at radius 3 is 2.25 bits per heavy atom. The Morgan fingerprint density at radius 1 is 1.07 bits per heavy atom. The van der Waals surface area contributed by atoms with Gasteiger partial charge < -0.3 is 25.2 Å². The van der Waals surface area contributed by atoms with Crippen LogP contribution in [0.5, 0.6) is 0 Å². The average Bonchev–Trinajstić information content (AvgIpc) is 2.60. The Morgan fingerprint density at radius 2 is 1.68 bits per heavy atom. The molecular formula is C20H30N4O4. The van der Waals surface area contributed by atoms with Crippen molar-refractivity contribution in [3.63, 3.8) is 0 Å². The fraction of sp³-hybridized carbons (Fsp3) is 0.550. The molecule has 1 aliphatic rings. The third-order valence-corrected chi connectivity index (χ3v) is 4.27. The zero-order valence-electron chi connectivity index (χ0n) is 17.3. The van der Waals surface area contributed by atoms with Crippen LogP contribution in [0.4, 0.5) is 16.2 Å². The first kappa shape index (κ1) is 21.5.